The van der Waals surface area contributed by atoms with E-state index in [1.54, 1.807) is 9.80 Å². The second-order valence-electron chi connectivity index (χ2n) is 18.9. The lowest BCUT2D eigenvalue weighted by molar-refractivity contribution is 0.0701. The van der Waals surface area contributed by atoms with Crippen LogP contribution in [0.3, 0.4) is 0 Å². The Morgan fingerprint density at radius 1 is 0.571 bits per heavy atom. The first-order chi connectivity index (χ1) is 33.3. The molecule has 0 aliphatic rings. The minimum absolute atomic E-state index is 0.198. The van der Waals surface area contributed by atoms with Crippen molar-refractivity contribution in [3.63, 3.8) is 0 Å². The summed E-state index contributed by atoms with van der Waals surface area (Å²) in [5, 5.41) is 17.8. The van der Waals surface area contributed by atoms with Crippen LogP contribution >= 0.6 is 0 Å². The molecule has 0 bridgehead atoms. The van der Waals surface area contributed by atoms with Crippen LogP contribution in [0.5, 0.6) is 5.75 Å². The highest BCUT2D eigenvalue weighted by molar-refractivity contribution is 6.61. The zero-order valence-electron chi connectivity index (χ0n) is 44.7. The largest absolute Gasteiger partial charge is 0.507 e. The molecule has 15 nitrogen and oxygen atoms in total. The smallest absolute Gasteiger partial charge is 0.500 e. The van der Waals surface area contributed by atoms with Crippen LogP contribution in [0.1, 0.15) is 121 Å². The van der Waals surface area contributed by atoms with Crippen LogP contribution in [0.2, 0.25) is 12.1 Å². The average molecular weight is 1010 g/mol. The summed E-state index contributed by atoms with van der Waals surface area (Å²) in [6, 6.07) is 20.6. The zero-order valence-corrected chi connectivity index (χ0v) is 46.7. The van der Waals surface area contributed by atoms with E-state index in [9.17, 15) is 14.7 Å². The molecule has 0 atom stereocenters. The number of aromatic hydroxyl groups is 1. The third-order valence-electron chi connectivity index (χ3n) is 11.8. The number of rotatable bonds is 27. The summed E-state index contributed by atoms with van der Waals surface area (Å²) in [6.45, 7) is 32.9. The summed E-state index contributed by atoms with van der Waals surface area (Å²) in [6.07, 6.45) is 1.31. The number of imidazole rings is 1. The van der Waals surface area contributed by atoms with Crippen molar-refractivity contribution in [3.05, 3.63) is 71.8 Å². The second kappa shape index (κ2) is 26.7. The zero-order chi connectivity index (χ0) is 51.7. The van der Waals surface area contributed by atoms with E-state index in [1.165, 1.54) is 0 Å². The highest BCUT2D eigenvalue weighted by atomic mass is 28.4. The predicted molar refractivity (Wildman–Crippen MR) is 287 cm³/mol. The van der Waals surface area contributed by atoms with E-state index in [-0.39, 0.29) is 22.9 Å². The standard InChI is InChI=1S/C53H84N6O9Si2/c1-15-58(50(61)54-33-23-35-69(63-17-3,64-18-4)65-19-5)42-29-25-39(26-30-42)46-47(57-49(56-46)41-37-44(52(9,10)11)48(60)45(38-41)53(12,13)14)40-27-31-43(32-28-40)59(16-2)51(62)55-34-24-36-70(66-20-6,67-21-7)68-22-8/h25-32,37-38,60H,15-24,33-36H2,1-14H3,(H,54,61)(H,55,62)(H,56,57). The van der Waals surface area contributed by atoms with Crippen LogP contribution in [0.25, 0.3) is 33.9 Å². The molecule has 1 heterocycles. The molecule has 17 heteroatoms. The number of hydrogen-bond donors (Lipinski definition) is 4. The summed E-state index contributed by atoms with van der Waals surface area (Å²) < 4.78 is 36.0. The molecule has 0 fully saturated rings. The molecule has 0 saturated heterocycles. The van der Waals surface area contributed by atoms with Crippen molar-refractivity contribution in [1.82, 2.24) is 20.6 Å². The highest BCUT2D eigenvalue weighted by Gasteiger charge is 2.41. The SMILES string of the molecule is CCO[Si](CCCNC(=O)N(CC)c1ccc(-c2nc(-c3cc(C(C)(C)C)c(O)c(C(C)(C)C)c3)[nH]c2-c2ccc(N(CC)C(=O)NCCC[Si](OCC)(OCC)OCC)cc2)cc1)(OCC)OCC. The first-order valence-corrected chi connectivity index (χ1v) is 29.3. The minimum atomic E-state index is -2.82. The van der Waals surface area contributed by atoms with Gasteiger partial charge in [-0.3, -0.25) is 9.80 Å². The number of H-pyrrole nitrogens is 1. The Balaban J connectivity index is 1.67. The van der Waals surface area contributed by atoms with Gasteiger partial charge in [-0.2, -0.15) is 0 Å². The Morgan fingerprint density at radius 2 is 0.929 bits per heavy atom. The molecule has 70 heavy (non-hydrogen) atoms. The highest BCUT2D eigenvalue weighted by Crippen LogP contribution is 2.43. The van der Waals surface area contributed by atoms with Gasteiger partial charge < -0.3 is 47.3 Å². The Kier molecular flexibility index (Phi) is 22.1. The number of aromatic nitrogens is 2. The maximum Gasteiger partial charge on any atom is 0.500 e. The van der Waals surface area contributed by atoms with Crippen LogP contribution < -0.4 is 20.4 Å². The van der Waals surface area contributed by atoms with Crippen molar-refractivity contribution < 1.29 is 41.3 Å². The van der Waals surface area contributed by atoms with Gasteiger partial charge in [-0.1, -0.05) is 65.8 Å². The summed E-state index contributed by atoms with van der Waals surface area (Å²) in [5.74, 6) is 0.942. The number of carbonyl (C=O) groups excluding carboxylic acids is 2. The summed E-state index contributed by atoms with van der Waals surface area (Å²) in [7, 11) is -5.65. The number of amides is 4. The first kappa shape index (κ1) is 58.0. The van der Waals surface area contributed by atoms with Crippen LogP contribution in [0.4, 0.5) is 21.0 Å². The van der Waals surface area contributed by atoms with Crippen molar-refractivity contribution in [2.45, 2.75) is 133 Å². The molecule has 1 aromatic heterocycles. The van der Waals surface area contributed by atoms with Gasteiger partial charge in [-0.05, 0) is 115 Å². The van der Waals surface area contributed by atoms with Crippen molar-refractivity contribution >= 4 is 41.0 Å². The predicted octanol–water partition coefficient (Wildman–Crippen LogP) is 11.7. The number of nitrogens with zero attached hydrogens (tertiary/aromatic N) is 3. The third-order valence-corrected chi connectivity index (χ3v) is 18.1. The second-order valence-corrected chi connectivity index (χ2v) is 24.4. The fourth-order valence-electron chi connectivity index (χ4n) is 8.53. The van der Waals surface area contributed by atoms with E-state index in [0.717, 1.165) is 44.9 Å². The molecule has 0 aliphatic carbocycles. The lowest BCUT2D eigenvalue weighted by Crippen LogP contribution is -2.47. The van der Waals surface area contributed by atoms with E-state index in [2.05, 4.69) is 57.2 Å². The average Bonchev–Trinajstić information content (AvgIpc) is 3.76. The van der Waals surface area contributed by atoms with Gasteiger partial charge in [0.05, 0.1) is 11.4 Å². The fraction of sp³-hybridized carbons (Fsp3) is 0.566. The fourth-order valence-corrected chi connectivity index (χ4v) is 13.8. The van der Waals surface area contributed by atoms with Crippen LogP contribution in [0.15, 0.2) is 60.7 Å². The molecule has 0 unspecified atom stereocenters. The third kappa shape index (κ3) is 15.2. The molecule has 3 aromatic carbocycles. The molecule has 4 aromatic rings. The molecule has 4 N–H and O–H groups in total. The monoisotopic (exact) mass is 1000 g/mol. The normalized spacial score (nSPS) is 12.3. The van der Waals surface area contributed by atoms with Gasteiger partial charge in [0.25, 0.3) is 0 Å². The molecular formula is C53H84N6O9Si2. The van der Waals surface area contributed by atoms with Crippen molar-refractivity contribution in [3.8, 4) is 39.7 Å². The number of nitrogens with one attached hydrogen (secondary N) is 3. The molecule has 0 aliphatic heterocycles. The Hall–Kier alpha value is -4.60. The van der Waals surface area contributed by atoms with Crippen molar-refractivity contribution in [1.29, 1.82) is 0 Å². The molecule has 0 saturated carbocycles. The lowest BCUT2D eigenvalue weighted by Gasteiger charge is -2.28. The minimum Gasteiger partial charge on any atom is -0.507 e. The molecule has 388 valence electrons. The van der Waals surface area contributed by atoms with Gasteiger partial charge in [-0.15, -0.1) is 0 Å². The Morgan fingerprint density at radius 3 is 1.26 bits per heavy atom. The number of urea groups is 2. The number of hydrogen-bond acceptors (Lipinski definition) is 10. The molecule has 0 spiro atoms. The topological polar surface area (TPSA) is 169 Å². The number of phenols is 1. The Bertz CT molecular complexity index is 2060. The van der Waals surface area contributed by atoms with E-state index >= 15 is 0 Å². The summed E-state index contributed by atoms with van der Waals surface area (Å²) in [5.41, 5.74) is 6.53. The van der Waals surface area contributed by atoms with E-state index in [1.807, 2.05) is 116 Å². The quantitative estimate of drug-likeness (QED) is 0.0333. The maximum absolute atomic E-state index is 13.6. The van der Waals surface area contributed by atoms with Gasteiger partial charge in [0, 0.05) is 117 Å². The molecular weight excluding hydrogens is 921 g/mol. The first-order valence-electron chi connectivity index (χ1n) is 25.4. The van der Waals surface area contributed by atoms with Gasteiger partial charge in [-0.25, -0.2) is 14.6 Å². The van der Waals surface area contributed by atoms with Gasteiger partial charge in [0.15, 0.2) is 0 Å². The lowest BCUT2D eigenvalue weighted by atomic mass is 9.78. The summed E-state index contributed by atoms with van der Waals surface area (Å²) >= 11 is 0. The molecule has 0 radical (unpaired) electrons. The van der Waals surface area contributed by atoms with E-state index < -0.39 is 17.6 Å². The van der Waals surface area contributed by atoms with E-state index in [0.29, 0.717) is 108 Å². The maximum atomic E-state index is 13.6. The number of anilines is 2. The van der Waals surface area contributed by atoms with Gasteiger partial charge in [0.2, 0.25) is 0 Å². The number of benzene rings is 3. The van der Waals surface area contributed by atoms with Crippen molar-refractivity contribution in [2.24, 2.45) is 0 Å². The number of carbonyl (C=O) groups is 2. The number of aromatic amines is 1. The molecule has 4 amide bonds. The van der Waals surface area contributed by atoms with Gasteiger partial charge >= 0.3 is 29.7 Å². The summed E-state index contributed by atoms with van der Waals surface area (Å²) in [4.78, 5) is 39.6. The number of phenolic OH excluding ortho intramolecular Hbond substituents is 1. The van der Waals surface area contributed by atoms with Crippen LogP contribution in [-0.4, -0.2) is 111 Å². The van der Waals surface area contributed by atoms with Crippen molar-refractivity contribution in [2.75, 3.05) is 75.6 Å². The Labute approximate surface area is 421 Å². The van der Waals surface area contributed by atoms with Crippen LogP contribution in [-0.2, 0) is 37.4 Å². The van der Waals surface area contributed by atoms with Crippen LogP contribution in [0, 0.1) is 0 Å². The molecule has 4 rings (SSSR count). The van der Waals surface area contributed by atoms with E-state index in [4.69, 9.17) is 31.5 Å². The van der Waals surface area contributed by atoms with Gasteiger partial charge in [0.1, 0.15) is 11.6 Å².